The molecule has 9 nitrogen and oxygen atoms in total. The largest absolute Gasteiger partial charge is 0.497 e. The fourth-order valence-corrected chi connectivity index (χ4v) is 6.64. The van der Waals surface area contributed by atoms with Crippen molar-refractivity contribution in [2.75, 3.05) is 26.2 Å². The number of thioether (sulfide) groups is 1. The first kappa shape index (κ1) is 31.3. The summed E-state index contributed by atoms with van der Waals surface area (Å²) in [6.07, 6.45) is -0.645. The fraction of sp³-hybridized carbons (Fsp3) is 0.281. The number of halogens is 1. The first-order chi connectivity index (χ1) is 21.0. The summed E-state index contributed by atoms with van der Waals surface area (Å²) in [5, 5.41) is 1.51. The Morgan fingerprint density at radius 1 is 0.977 bits per heavy atom. The average Bonchev–Trinajstić information content (AvgIpc) is 3.36. The second-order valence-electron chi connectivity index (χ2n) is 11.0. The van der Waals surface area contributed by atoms with Crippen LogP contribution in [0.3, 0.4) is 0 Å². The molecule has 0 aliphatic heterocycles. The van der Waals surface area contributed by atoms with E-state index in [4.69, 9.17) is 24.2 Å². The number of rotatable bonds is 9. The summed E-state index contributed by atoms with van der Waals surface area (Å²) in [4.78, 5) is 26.9. The summed E-state index contributed by atoms with van der Waals surface area (Å²) < 4.78 is 45.1. The van der Waals surface area contributed by atoms with Gasteiger partial charge in [-0.3, -0.25) is 9.11 Å². The van der Waals surface area contributed by atoms with Gasteiger partial charge in [-0.1, -0.05) is 36.0 Å². The van der Waals surface area contributed by atoms with Crippen molar-refractivity contribution in [1.82, 2.24) is 15.0 Å². The maximum absolute atomic E-state index is 15.1. The van der Waals surface area contributed by atoms with Gasteiger partial charge >= 0.3 is 6.09 Å². The highest BCUT2D eigenvalue weighted by atomic mass is 32.2. The fourth-order valence-electron chi connectivity index (χ4n) is 4.53. The number of fused-ring (bicyclic) bond motifs is 3. The zero-order valence-corrected chi connectivity index (χ0v) is 26.9. The molecule has 5 aromatic rings. The molecule has 44 heavy (non-hydrogen) atoms. The minimum Gasteiger partial charge on any atom is -0.497 e. The molecular weight excluding hydrogens is 604 g/mol. The van der Waals surface area contributed by atoms with Gasteiger partial charge in [0.25, 0.3) is 0 Å². The molecule has 0 saturated heterocycles. The Hall–Kier alpha value is -4.16. The van der Waals surface area contributed by atoms with Gasteiger partial charge in [-0.15, -0.1) is 0 Å². The van der Waals surface area contributed by atoms with Crippen LogP contribution in [0, 0.1) is 5.82 Å². The molecule has 12 heteroatoms. The Bertz CT molecular complexity index is 1840. The molecular formula is C32H33FN4O5S2. The summed E-state index contributed by atoms with van der Waals surface area (Å²) >= 11 is 1.39. The SMILES string of the molecule is COc1ccc(CSc2nc(S(=O)Cc3ccc(OC)cc3)c3c(n2)[nH]c2c(N(C)C(=O)OC(C)(C)C)cc(F)cc23)cc1. The van der Waals surface area contributed by atoms with Crippen molar-refractivity contribution in [3.05, 3.63) is 77.6 Å². The Balaban J connectivity index is 1.60. The van der Waals surface area contributed by atoms with E-state index < -0.39 is 28.3 Å². The molecule has 0 bridgehead atoms. The normalized spacial score (nSPS) is 12.3. The van der Waals surface area contributed by atoms with Gasteiger partial charge in [-0.05, 0) is 68.3 Å². The van der Waals surface area contributed by atoms with E-state index in [0.29, 0.717) is 38.6 Å². The van der Waals surface area contributed by atoms with Crippen LogP contribution in [-0.2, 0) is 27.0 Å². The summed E-state index contributed by atoms with van der Waals surface area (Å²) in [6.45, 7) is 5.27. The lowest BCUT2D eigenvalue weighted by atomic mass is 10.1. The number of nitrogens with one attached hydrogen (secondary N) is 1. The van der Waals surface area contributed by atoms with Crippen LogP contribution in [-0.4, -0.2) is 52.1 Å². The van der Waals surface area contributed by atoms with Gasteiger partial charge in [-0.2, -0.15) is 0 Å². The van der Waals surface area contributed by atoms with Crippen molar-refractivity contribution in [3.63, 3.8) is 0 Å². The van der Waals surface area contributed by atoms with Gasteiger partial charge in [0.1, 0.15) is 33.6 Å². The third-order valence-corrected chi connectivity index (χ3v) is 8.92. The van der Waals surface area contributed by atoms with E-state index in [0.717, 1.165) is 16.9 Å². The van der Waals surface area contributed by atoms with Crippen molar-refractivity contribution >= 4 is 56.3 Å². The first-order valence-corrected chi connectivity index (χ1v) is 16.0. The maximum Gasteiger partial charge on any atom is 0.414 e. The van der Waals surface area contributed by atoms with Crippen LogP contribution < -0.4 is 14.4 Å². The van der Waals surface area contributed by atoms with Crippen LogP contribution in [0.1, 0.15) is 31.9 Å². The molecule has 1 unspecified atom stereocenters. The lowest BCUT2D eigenvalue weighted by Gasteiger charge is -2.25. The number of anilines is 1. The zero-order valence-electron chi connectivity index (χ0n) is 25.3. The van der Waals surface area contributed by atoms with Gasteiger partial charge in [0, 0.05) is 18.2 Å². The summed E-state index contributed by atoms with van der Waals surface area (Å²) in [7, 11) is 3.08. The van der Waals surface area contributed by atoms with E-state index in [-0.39, 0.29) is 16.5 Å². The summed E-state index contributed by atoms with van der Waals surface area (Å²) in [5.74, 6) is 1.60. The van der Waals surface area contributed by atoms with Crippen LogP contribution in [0.5, 0.6) is 11.5 Å². The van der Waals surface area contributed by atoms with Crippen molar-refractivity contribution in [2.24, 2.45) is 0 Å². The molecule has 0 aliphatic rings. The lowest BCUT2D eigenvalue weighted by molar-refractivity contribution is 0.0589. The number of aromatic amines is 1. The van der Waals surface area contributed by atoms with E-state index >= 15 is 4.39 Å². The predicted octanol–water partition coefficient (Wildman–Crippen LogP) is 7.24. The number of methoxy groups -OCH3 is 2. The van der Waals surface area contributed by atoms with E-state index in [9.17, 15) is 9.00 Å². The lowest BCUT2D eigenvalue weighted by Crippen LogP contribution is -2.34. The molecule has 0 saturated carbocycles. The summed E-state index contributed by atoms with van der Waals surface area (Å²) in [6, 6.07) is 17.6. The molecule has 0 fully saturated rings. The van der Waals surface area contributed by atoms with Gasteiger partial charge in [0.05, 0.1) is 47.4 Å². The molecule has 0 aliphatic carbocycles. The van der Waals surface area contributed by atoms with Crippen molar-refractivity contribution < 1.29 is 27.6 Å². The molecule has 1 atom stereocenters. The second-order valence-corrected chi connectivity index (χ2v) is 13.3. The van der Waals surface area contributed by atoms with Gasteiger partial charge in [0.15, 0.2) is 5.16 Å². The highest BCUT2D eigenvalue weighted by Crippen LogP contribution is 2.37. The highest BCUT2D eigenvalue weighted by Gasteiger charge is 2.26. The van der Waals surface area contributed by atoms with Crippen molar-refractivity contribution in [2.45, 2.75) is 48.1 Å². The predicted molar refractivity (Wildman–Crippen MR) is 172 cm³/mol. The number of benzene rings is 3. The number of hydrogen-bond donors (Lipinski definition) is 1. The number of H-pyrrole nitrogens is 1. The quantitative estimate of drug-likeness (QED) is 0.103. The minimum absolute atomic E-state index is 0.172. The van der Waals surface area contributed by atoms with Crippen LogP contribution >= 0.6 is 11.8 Å². The molecule has 3 aromatic carbocycles. The molecule has 1 N–H and O–H groups in total. The molecule has 5 rings (SSSR count). The van der Waals surface area contributed by atoms with Crippen LogP contribution in [0.15, 0.2) is 70.8 Å². The van der Waals surface area contributed by atoms with Crippen molar-refractivity contribution in [3.8, 4) is 11.5 Å². The Labute approximate surface area is 261 Å². The number of carbonyl (C=O) groups is 1. The Morgan fingerprint density at radius 2 is 1.59 bits per heavy atom. The molecule has 1 amide bonds. The molecule has 0 spiro atoms. The molecule has 230 valence electrons. The number of nitrogens with zero attached hydrogens (tertiary/aromatic N) is 3. The number of ether oxygens (including phenoxy) is 3. The van der Waals surface area contributed by atoms with E-state index in [1.54, 1.807) is 47.1 Å². The van der Waals surface area contributed by atoms with Crippen LogP contribution in [0.25, 0.3) is 21.9 Å². The maximum atomic E-state index is 15.1. The van der Waals surface area contributed by atoms with Crippen molar-refractivity contribution in [1.29, 1.82) is 0 Å². The third-order valence-electron chi connectivity index (χ3n) is 6.68. The first-order valence-electron chi connectivity index (χ1n) is 13.7. The molecule has 2 aromatic heterocycles. The third kappa shape index (κ3) is 6.97. The Kier molecular flexibility index (Phi) is 9.12. The highest BCUT2D eigenvalue weighted by molar-refractivity contribution is 7.98. The Morgan fingerprint density at radius 3 is 2.18 bits per heavy atom. The van der Waals surface area contributed by atoms with Gasteiger partial charge in [-0.25, -0.2) is 19.2 Å². The van der Waals surface area contributed by atoms with Gasteiger partial charge in [0.2, 0.25) is 0 Å². The van der Waals surface area contributed by atoms with Crippen LogP contribution in [0.4, 0.5) is 14.9 Å². The standard InChI is InChI=1S/C32H33FN4O5S2/c1-32(2,3)42-31(38)37(4)25-16-21(33)15-24-26-28(34-27(24)25)35-30(43-17-19-7-11-22(40-5)12-8-19)36-29(26)44(39)18-20-9-13-23(41-6)14-10-20/h7-16H,17-18H2,1-6H3,(H,34,35,36). The van der Waals surface area contributed by atoms with Crippen LogP contribution in [0.2, 0.25) is 0 Å². The second kappa shape index (κ2) is 12.8. The van der Waals surface area contributed by atoms with Gasteiger partial charge < -0.3 is 19.2 Å². The monoisotopic (exact) mass is 636 g/mol. The number of aromatic nitrogens is 3. The molecule has 0 radical (unpaired) electrons. The zero-order chi connectivity index (χ0) is 31.6. The smallest absolute Gasteiger partial charge is 0.414 e. The number of carbonyl (C=O) groups excluding carboxylic acids is 1. The van der Waals surface area contributed by atoms with E-state index in [2.05, 4.69) is 4.98 Å². The average molecular weight is 637 g/mol. The molecule has 2 heterocycles. The topological polar surface area (TPSA) is 107 Å². The van der Waals surface area contributed by atoms with E-state index in [1.807, 2.05) is 36.4 Å². The summed E-state index contributed by atoms with van der Waals surface area (Å²) in [5.41, 5.74) is 2.19. The minimum atomic E-state index is -1.63. The van der Waals surface area contributed by atoms with E-state index in [1.165, 1.54) is 35.8 Å². The number of amides is 1. The number of hydrogen-bond acceptors (Lipinski definition) is 8.